The van der Waals surface area contributed by atoms with E-state index in [9.17, 15) is 19.2 Å². The Morgan fingerprint density at radius 1 is 1.00 bits per heavy atom. The highest BCUT2D eigenvalue weighted by Gasteiger charge is 2.63. The highest BCUT2D eigenvalue weighted by atomic mass is 16.6. The first-order chi connectivity index (χ1) is 17.4. The molecule has 0 aliphatic heterocycles. The van der Waals surface area contributed by atoms with Crippen LogP contribution in [0.5, 0.6) is 0 Å². The first kappa shape index (κ1) is 27.8. The number of fused-ring (bicyclic) bond motifs is 5. The van der Waals surface area contributed by atoms with Crippen LogP contribution in [0.25, 0.3) is 0 Å². The van der Waals surface area contributed by atoms with Crippen molar-refractivity contribution in [1.82, 2.24) is 0 Å². The summed E-state index contributed by atoms with van der Waals surface area (Å²) in [5, 5.41) is 0. The zero-order chi connectivity index (χ0) is 27.1. The number of ketones is 1. The molecule has 0 unspecified atom stereocenters. The van der Waals surface area contributed by atoms with E-state index in [1.807, 2.05) is 0 Å². The second kappa shape index (κ2) is 10.5. The number of esters is 3. The highest BCUT2D eigenvalue weighted by molar-refractivity contribution is 5.95. The fourth-order valence-electron chi connectivity index (χ4n) is 8.91. The molecule has 7 nitrogen and oxygen atoms in total. The van der Waals surface area contributed by atoms with E-state index in [2.05, 4.69) is 20.8 Å². The van der Waals surface area contributed by atoms with Gasteiger partial charge in [-0.25, -0.2) is 0 Å². The van der Waals surface area contributed by atoms with Crippen LogP contribution in [-0.4, -0.2) is 43.0 Å². The van der Waals surface area contributed by atoms with Gasteiger partial charge in [0.25, 0.3) is 0 Å². The molecular formula is C30H44O7. The van der Waals surface area contributed by atoms with Crippen LogP contribution in [0.15, 0.2) is 11.6 Å². The Kier molecular flexibility index (Phi) is 7.92. The summed E-state index contributed by atoms with van der Waals surface area (Å²) in [6.45, 7) is 9.67. The van der Waals surface area contributed by atoms with E-state index in [1.165, 1.54) is 21.0 Å². The fourth-order valence-corrected chi connectivity index (χ4v) is 8.91. The van der Waals surface area contributed by atoms with Gasteiger partial charge in [0.15, 0.2) is 11.9 Å². The fraction of sp³-hybridized carbons (Fsp3) is 0.800. The molecule has 7 heteroatoms. The zero-order valence-corrected chi connectivity index (χ0v) is 23.3. The van der Waals surface area contributed by atoms with Gasteiger partial charge in [-0.1, -0.05) is 20.8 Å². The minimum atomic E-state index is -0.704. The summed E-state index contributed by atoms with van der Waals surface area (Å²) in [5.41, 5.74) is 0.676. The molecule has 4 aliphatic rings. The smallest absolute Gasteiger partial charge is 0.305 e. The molecule has 0 saturated heterocycles. The maximum absolute atomic E-state index is 13.9. The molecule has 0 radical (unpaired) electrons. The molecule has 0 aromatic carbocycles. The lowest BCUT2D eigenvalue weighted by Crippen LogP contribution is -2.57. The second-order valence-corrected chi connectivity index (χ2v) is 12.5. The van der Waals surface area contributed by atoms with Gasteiger partial charge in [0.05, 0.1) is 7.11 Å². The number of ether oxygens (including phenoxy) is 3. The van der Waals surface area contributed by atoms with E-state index in [-0.39, 0.29) is 34.4 Å². The standard InChI is InChI=1S/C30H44O7/c1-17(8-7-9-26(34)35-6)20-10-11-21-27-22(12-14-29(20,21)4)30(5)15-13-25(36-18(2)31)28(37-19(3)32)23(30)16-24(27)33/h16-17,20-22,25,27-28H,7-15H2,1-6H3/t17-,20-,21+,22+,25+,27+,28-,29-,30-/m1/s1. The van der Waals surface area contributed by atoms with Crippen LogP contribution in [0.4, 0.5) is 0 Å². The molecule has 37 heavy (non-hydrogen) atoms. The quantitative estimate of drug-likeness (QED) is 0.339. The third-order valence-electron chi connectivity index (χ3n) is 10.6. The molecular weight excluding hydrogens is 472 g/mol. The Balaban J connectivity index is 1.58. The molecule has 0 bridgehead atoms. The first-order valence-corrected chi connectivity index (χ1v) is 14.1. The molecule has 0 aromatic heterocycles. The SMILES string of the molecule is COC(=O)CCC[C@@H](C)[C@H]1CC[C@H]2[C@@H]3C(=O)C=C4[C@@H](OC(C)=O)[C@@H](OC(C)=O)CC[C@]4(C)[C@H]3CC[C@]12C. The van der Waals surface area contributed by atoms with Gasteiger partial charge in [-0.15, -0.1) is 0 Å². The van der Waals surface area contributed by atoms with Gasteiger partial charge in [-0.3, -0.25) is 19.2 Å². The topological polar surface area (TPSA) is 96.0 Å². The van der Waals surface area contributed by atoms with Gasteiger partial charge in [-0.2, -0.15) is 0 Å². The van der Waals surface area contributed by atoms with Crippen molar-refractivity contribution in [3.63, 3.8) is 0 Å². The average Bonchev–Trinajstić information content (AvgIpc) is 3.18. The average molecular weight is 517 g/mol. The maximum atomic E-state index is 13.9. The molecule has 0 amide bonds. The summed E-state index contributed by atoms with van der Waals surface area (Å²) in [6.07, 6.45) is 8.42. The molecule has 0 aromatic rings. The van der Waals surface area contributed by atoms with E-state index >= 15 is 0 Å². The number of allylic oxidation sites excluding steroid dienone is 1. The van der Waals surface area contributed by atoms with E-state index in [4.69, 9.17) is 14.2 Å². The monoisotopic (exact) mass is 516 g/mol. The minimum absolute atomic E-state index is 0.0250. The Morgan fingerprint density at radius 2 is 1.70 bits per heavy atom. The highest BCUT2D eigenvalue weighted by Crippen LogP contribution is 2.67. The Labute approximate surface area is 221 Å². The van der Waals surface area contributed by atoms with Gasteiger partial charge >= 0.3 is 17.9 Å². The van der Waals surface area contributed by atoms with E-state index in [1.54, 1.807) is 6.08 Å². The summed E-state index contributed by atoms with van der Waals surface area (Å²) in [6, 6.07) is 0. The Bertz CT molecular complexity index is 969. The van der Waals surface area contributed by atoms with Crippen LogP contribution in [-0.2, 0) is 33.4 Å². The molecule has 4 aliphatic carbocycles. The van der Waals surface area contributed by atoms with Crippen molar-refractivity contribution >= 4 is 23.7 Å². The number of hydrogen-bond donors (Lipinski definition) is 0. The van der Waals surface area contributed by atoms with Crippen LogP contribution in [0.2, 0.25) is 0 Å². The van der Waals surface area contributed by atoms with Crippen LogP contribution in [0, 0.1) is 40.4 Å². The van der Waals surface area contributed by atoms with Crippen molar-refractivity contribution in [3.05, 3.63) is 11.6 Å². The van der Waals surface area contributed by atoms with Crippen molar-refractivity contribution in [1.29, 1.82) is 0 Å². The number of methoxy groups -OCH3 is 1. The lowest BCUT2D eigenvalue weighted by atomic mass is 9.46. The van der Waals surface area contributed by atoms with Gasteiger partial charge < -0.3 is 14.2 Å². The molecule has 0 heterocycles. The molecule has 9 atom stereocenters. The first-order valence-electron chi connectivity index (χ1n) is 14.1. The van der Waals surface area contributed by atoms with Gasteiger partial charge in [0.2, 0.25) is 0 Å². The van der Waals surface area contributed by atoms with Crippen molar-refractivity contribution in [3.8, 4) is 0 Å². The molecule has 206 valence electrons. The van der Waals surface area contributed by atoms with Gasteiger partial charge in [0, 0.05) is 26.2 Å². The summed E-state index contributed by atoms with van der Waals surface area (Å²) >= 11 is 0. The van der Waals surface area contributed by atoms with E-state index in [0.29, 0.717) is 30.6 Å². The maximum Gasteiger partial charge on any atom is 0.305 e. The third kappa shape index (κ3) is 4.99. The lowest BCUT2D eigenvalue weighted by Gasteiger charge is -2.58. The molecule has 3 saturated carbocycles. The van der Waals surface area contributed by atoms with Crippen molar-refractivity contribution in [2.24, 2.45) is 40.4 Å². The third-order valence-corrected chi connectivity index (χ3v) is 10.6. The van der Waals surface area contributed by atoms with E-state index < -0.39 is 24.1 Å². The zero-order valence-electron chi connectivity index (χ0n) is 23.3. The minimum Gasteiger partial charge on any atom is -0.469 e. The molecule has 0 spiro atoms. The Hall–Kier alpha value is -2.18. The van der Waals surface area contributed by atoms with Crippen LogP contribution >= 0.6 is 0 Å². The van der Waals surface area contributed by atoms with Crippen molar-refractivity contribution < 1.29 is 33.4 Å². The van der Waals surface area contributed by atoms with Crippen molar-refractivity contribution in [2.75, 3.05) is 7.11 Å². The van der Waals surface area contributed by atoms with Crippen molar-refractivity contribution in [2.45, 2.75) is 105 Å². The Morgan fingerprint density at radius 3 is 2.35 bits per heavy atom. The summed E-state index contributed by atoms with van der Waals surface area (Å²) in [7, 11) is 1.44. The molecule has 3 fully saturated rings. The predicted molar refractivity (Wildman–Crippen MR) is 137 cm³/mol. The van der Waals surface area contributed by atoms with Crippen LogP contribution < -0.4 is 0 Å². The summed E-state index contributed by atoms with van der Waals surface area (Å²) in [5.74, 6) is 0.691. The summed E-state index contributed by atoms with van der Waals surface area (Å²) in [4.78, 5) is 49.2. The summed E-state index contributed by atoms with van der Waals surface area (Å²) < 4.78 is 16.1. The second-order valence-electron chi connectivity index (χ2n) is 12.5. The van der Waals surface area contributed by atoms with Gasteiger partial charge in [-0.05, 0) is 97.5 Å². The number of carbonyl (C=O) groups excluding carboxylic acids is 4. The lowest BCUT2D eigenvalue weighted by molar-refractivity contribution is -0.170. The predicted octanol–water partition coefficient (Wildman–Crippen LogP) is 5.20. The number of rotatable bonds is 7. The molecule has 4 rings (SSSR count). The van der Waals surface area contributed by atoms with E-state index in [0.717, 1.165) is 50.5 Å². The van der Waals surface area contributed by atoms with Crippen LogP contribution in [0.1, 0.15) is 92.4 Å². The number of hydrogen-bond acceptors (Lipinski definition) is 7. The van der Waals surface area contributed by atoms with Crippen LogP contribution in [0.3, 0.4) is 0 Å². The molecule has 0 N–H and O–H groups in total. The largest absolute Gasteiger partial charge is 0.469 e. The number of carbonyl (C=O) groups is 4. The normalized spacial score (nSPS) is 39.4. The van der Waals surface area contributed by atoms with Gasteiger partial charge in [0.1, 0.15) is 6.10 Å².